The van der Waals surface area contributed by atoms with Crippen molar-refractivity contribution in [1.29, 1.82) is 0 Å². The van der Waals surface area contributed by atoms with Gasteiger partial charge in [0.05, 0.1) is 0 Å². The summed E-state index contributed by atoms with van der Waals surface area (Å²) in [6.45, 7) is 2.27. The minimum absolute atomic E-state index is 0.337. The van der Waals surface area contributed by atoms with Gasteiger partial charge in [0.15, 0.2) is 0 Å². The molecule has 0 aliphatic rings. The molecule has 0 aromatic carbocycles. The highest BCUT2D eigenvalue weighted by molar-refractivity contribution is 5.66. The maximum absolute atomic E-state index is 10.4. The van der Waals surface area contributed by atoms with E-state index in [-0.39, 0.29) is 0 Å². The second-order valence-corrected chi connectivity index (χ2v) is 9.26. The van der Waals surface area contributed by atoms with Crippen LogP contribution in [0.15, 0.2) is 36.5 Å². The fourth-order valence-electron chi connectivity index (χ4n) is 3.95. The second kappa shape index (κ2) is 27.7. The molecule has 0 aromatic rings. The van der Waals surface area contributed by atoms with Crippen LogP contribution in [0.3, 0.4) is 0 Å². The van der Waals surface area contributed by atoms with Crippen molar-refractivity contribution in [3.05, 3.63) is 36.5 Å². The average molecular weight is 447 g/mol. The molecule has 0 rings (SSSR count). The molecule has 0 amide bonds. The Morgan fingerprint density at radius 3 is 1.25 bits per heavy atom. The van der Waals surface area contributed by atoms with Gasteiger partial charge in [-0.2, -0.15) is 0 Å². The third-order valence-corrected chi connectivity index (χ3v) is 6.03. The Bertz CT molecular complexity index is 461. The predicted octanol–water partition coefficient (Wildman–Crippen LogP) is 10.3. The Balaban J connectivity index is 3.21. The minimum Gasteiger partial charge on any atom is -0.481 e. The molecule has 2 heteroatoms. The zero-order valence-electron chi connectivity index (χ0n) is 21.4. The number of aliphatic carboxylic acids is 1. The molecular formula is C30H54O2. The number of hydrogen-bond donors (Lipinski definition) is 1. The van der Waals surface area contributed by atoms with E-state index in [0.717, 1.165) is 25.7 Å². The van der Waals surface area contributed by atoms with E-state index in [0.29, 0.717) is 6.42 Å². The Morgan fingerprint density at radius 2 is 0.844 bits per heavy atom. The molecule has 0 saturated carbocycles. The standard InChI is InChI=1S/C30H54O2/c1-2-3-4-5-6-7-8-9-10-11-12-13-14-15-16-17-18-19-20-21-22-23-24-25-26-27-28-29-30(31)32/h8-9,11-12,14-15H,2-7,10,13,16-29H2,1H3,(H,31,32). The summed E-state index contributed by atoms with van der Waals surface area (Å²) in [7, 11) is 0. The highest BCUT2D eigenvalue weighted by atomic mass is 16.4. The summed E-state index contributed by atoms with van der Waals surface area (Å²) in [5, 5.41) is 8.60. The first-order valence-corrected chi connectivity index (χ1v) is 13.9. The van der Waals surface area contributed by atoms with E-state index in [1.54, 1.807) is 0 Å². The molecule has 0 aromatic heterocycles. The molecule has 0 atom stereocenters. The Kier molecular flexibility index (Phi) is 26.6. The summed E-state index contributed by atoms with van der Waals surface area (Å²) in [5.74, 6) is -0.657. The molecule has 0 saturated heterocycles. The van der Waals surface area contributed by atoms with Crippen molar-refractivity contribution >= 4 is 5.97 Å². The van der Waals surface area contributed by atoms with Gasteiger partial charge in [0, 0.05) is 6.42 Å². The molecule has 186 valence electrons. The highest BCUT2D eigenvalue weighted by Crippen LogP contribution is 2.13. The molecule has 0 unspecified atom stereocenters. The predicted molar refractivity (Wildman–Crippen MR) is 142 cm³/mol. The number of carbonyl (C=O) groups is 1. The first-order valence-electron chi connectivity index (χ1n) is 13.9. The van der Waals surface area contributed by atoms with Crippen molar-refractivity contribution in [3.63, 3.8) is 0 Å². The van der Waals surface area contributed by atoms with Gasteiger partial charge < -0.3 is 5.11 Å². The molecule has 0 fully saturated rings. The lowest BCUT2D eigenvalue weighted by Crippen LogP contribution is -1.93. The molecule has 0 radical (unpaired) electrons. The van der Waals surface area contributed by atoms with Crippen LogP contribution in [0.2, 0.25) is 0 Å². The molecule has 1 N–H and O–H groups in total. The zero-order chi connectivity index (χ0) is 23.4. The third-order valence-electron chi connectivity index (χ3n) is 6.03. The molecular weight excluding hydrogens is 392 g/mol. The normalized spacial score (nSPS) is 12.0. The van der Waals surface area contributed by atoms with E-state index in [9.17, 15) is 4.79 Å². The number of allylic oxidation sites excluding steroid dienone is 6. The quantitative estimate of drug-likeness (QED) is 0.112. The van der Waals surface area contributed by atoms with Crippen molar-refractivity contribution in [2.75, 3.05) is 0 Å². The van der Waals surface area contributed by atoms with Crippen molar-refractivity contribution in [2.45, 2.75) is 148 Å². The van der Waals surface area contributed by atoms with Crippen LogP contribution in [0.4, 0.5) is 0 Å². The number of carboxylic acids is 1. The van der Waals surface area contributed by atoms with Crippen LogP contribution < -0.4 is 0 Å². The van der Waals surface area contributed by atoms with Crippen molar-refractivity contribution in [2.24, 2.45) is 0 Å². The van der Waals surface area contributed by atoms with E-state index < -0.39 is 5.97 Å². The lowest BCUT2D eigenvalue weighted by Gasteiger charge is -2.02. The Morgan fingerprint density at radius 1 is 0.500 bits per heavy atom. The van der Waals surface area contributed by atoms with Crippen LogP contribution in [0.1, 0.15) is 148 Å². The molecule has 2 nitrogen and oxygen atoms in total. The smallest absolute Gasteiger partial charge is 0.303 e. The summed E-state index contributed by atoms with van der Waals surface area (Å²) >= 11 is 0. The SMILES string of the molecule is CCCCCCCC=CCC=CCC=CCCCCCCCCCCCCCCC(=O)O. The number of hydrogen-bond acceptors (Lipinski definition) is 1. The van der Waals surface area contributed by atoms with Crippen LogP contribution >= 0.6 is 0 Å². The Labute approximate surface area is 200 Å². The van der Waals surface area contributed by atoms with E-state index in [2.05, 4.69) is 43.4 Å². The van der Waals surface area contributed by atoms with Crippen LogP contribution in [-0.4, -0.2) is 11.1 Å². The average Bonchev–Trinajstić information content (AvgIpc) is 2.78. The summed E-state index contributed by atoms with van der Waals surface area (Å²) in [5.41, 5.74) is 0. The van der Waals surface area contributed by atoms with Gasteiger partial charge in [0.1, 0.15) is 0 Å². The van der Waals surface area contributed by atoms with E-state index >= 15 is 0 Å². The Hall–Kier alpha value is -1.31. The molecule has 0 heterocycles. The largest absolute Gasteiger partial charge is 0.481 e. The topological polar surface area (TPSA) is 37.3 Å². The molecule has 0 spiro atoms. The lowest BCUT2D eigenvalue weighted by atomic mass is 10.0. The zero-order valence-corrected chi connectivity index (χ0v) is 21.4. The van der Waals surface area contributed by atoms with Gasteiger partial charge in [-0.1, -0.05) is 133 Å². The van der Waals surface area contributed by atoms with Gasteiger partial charge in [0.25, 0.3) is 0 Å². The van der Waals surface area contributed by atoms with Crippen LogP contribution in [0, 0.1) is 0 Å². The summed E-state index contributed by atoms with van der Waals surface area (Å²) in [4.78, 5) is 10.4. The number of rotatable bonds is 25. The van der Waals surface area contributed by atoms with Crippen LogP contribution in [-0.2, 0) is 4.79 Å². The summed E-state index contributed by atoms with van der Waals surface area (Å²) in [6, 6.07) is 0. The van der Waals surface area contributed by atoms with Crippen molar-refractivity contribution in [3.8, 4) is 0 Å². The van der Waals surface area contributed by atoms with Crippen LogP contribution in [0.25, 0.3) is 0 Å². The van der Waals surface area contributed by atoms with Gasteiger partial charge in [-0.15, -0.1) is 0 Å². The number of carboxylic acid groups (broad SMARTS) is 1. The number of unbranched alkanes of at least 4 members (excludes halogenated alkanes) is 17. The van der Waals surface area contributed by atoms with Gasteiger partial charge in [-0.3, -0.25) is 4.79 Å². The fourth-order valence-corrected chi connectivity index (χ4v) is 3.95. The molecule has 32 heavy (non-hydrogen) atoms. The van der Waals surface area contributed by atoms with Crippen molar-refractivity contribution < 1.29 is 9.90 Å². The maximum atomic E-state index is 10.4. The van der Waals surface area contributed by atoms with Gasteiger partial charge in [-0.25, -0.2) is 0 Å². The summed E-state index contributed by atoms with van der Waals surface area (Å²) < 4.78 is 0. The van der Waals surface area contributed by atoms with E-state index in [1.165, 1.54) is 109 Å². The highest BCUT2D eigenvalue weighted by Gasteiger charge is 1.97. The molecule has 0 bridgehead atoms. The minimum atomic E-state index is -0.657. The second-order valence-electron chi connectivity index (χ2n) is 9.26. The first kappa shape index (κ1) is 30.7. The van der Waals surface area contributed by atoms with Gasteiger partial charge in [0.2, 0.25) is 0 Å². The van der Waals surface area contributed by atoms with Gasteiger partial charge >= 0.3 is 5.97 Å². The van der Waals surface area contributed by atoms with Crippen molar-refractivity contribution in [1.82, 2.24) is 0 Å². The summed E-state index contributed by atoms with van der Waals surface area (Å²) in [6.07, 6.45) is 41.0. The monoisotopic (exact) mass is 446 g/mol. The maximum Gasteiger partial charge on any atom is 0.303 e. The fraction of sp³-hybridized carbons (Fsp3) is 0.767. The lowest BCUT2D eigenvalue weighted by molar-refractivity contribution is -0.137. The van der Waals surface area contributed by atoms with Gasteiger partial charge in [-0.05, 0) is 44.9 Å². The third kappa shape index (κ3) is 28.7. The first-order chi connectivity index (χ1) is 15.8. The molecule has 0 aliphatic heterocycles. The van der Waals surface area contributed by atoms with E-state index in [1.807, 2.05) is 0 Å². The van der Waals surface area contributed by atoms with Crippen LogP contribution in [0.5, 0.6) is 0 Å². The molecule has 0 aliphatic carbocycles. The van der Waals surface area contributed by atoms with E-state index in [4.69, 9.17) is 5.11 Å².